The van der Waals surface area contributed by atoms with Crippen LogP contribution in [-0.2, 0) is 17.9 Å². The number of aromatic nitrogens is 1. The first-order valence-corrected chi connectivity index (χ1v) is 9.21. The highest BCUT2D eigenvalue weighted by atomic mass is 32.1. The summed E-state index contributed by atoms with van der Waals surface area (Å²) in [5, 5.41) is 2.82. The number of thiophene rings is 1. The summed E-state index contributed by atoms with van der Waals surface area (Å²) in [7, 11) is 0. The van der Waals surface area contributed by atoms with Gasteiger partial charge in [0.05, 0.1) is 18.6 Å². The minimum absolute atomic E-state index is 0.0694. The second kappa shape index (κ2) is 6.84. The first-order valence-electron chi connectivity index (χ1n) is 8.33. The smallest absolute Gasteiger partial charge is 0.253 e. The Bertz CT molecular complexity index is 1010. The molecule has 1 aromatic carbocycles. The van der Waals surface area contributed by atoms with Crippen molar-refractivity contribution in [3.8, 4) is 11.5 Å². The SMILES string of the molecule is CC(=O)N(Cc1cccs1)Cc1cc2cc3c(cc2[nH]c1=O)OCCO3. The van der Waals surface area contributed by atoms with Gasteiger partial charge in [-0.1, -0.05) is 6.07 Å². The van der Waals surface area contributed by atoms with E-state index in [0.717, 1.165) is 10.3 Å². The summed E-state index contributed by atoms with van der Waals surface area (Å²) in [6.45, 7) is 3.27. The van der Waals surface area contributed by atoms with Gasteiger partial charge in [-0.05, 0) is 23.6 Å². The Morgan fingerprint density at radius 2 is 1.96 bits per heavy atom. The van der Waals surface area contributed by atoms with Crippen LogP contribution in [0.4, 0.5) is 0 Å². The molecule has 0 spiro atoms. The number of H-pyrrole nitrogens is 1. The van der Waals surface area contributed by atoms with Crippen molar-refractivity contribution in [3.05, 3.63) is 56.5 Å². The van der Waals surface area contributed by atoms with Crippen molar-refractivity contribution < 1.29 is 14.3 Å². The van der Waals surface area contributed by atoms with Crippen LogP contribution in [-0.4, -0.2) is 29.0 Å². The number of benzene rings is 1. The summed E-state index contributed by atoms with van der Waals surface area (Å²) in [5.74, 6) is 1.24. The highest BCUT2D eigenvalue weighted by Gasteiger charge is 2.16. The number of rotatable bonds is 4. The first kappa shape index (κ1) is 16.7. The largest absolute Gasteiger partial charge is 0.486 e. The third-order valence-electron chi connectivity index (χ3n) is 4.32. The topological polar surface area (TPSA) is 71.6 Å². The lowest BCUT2D eigenvalue weighted by atomic mass is 10.1. The summed E-state index contributed by atoms with van der Waals surface area (Å²) in [5.41, 5.74) is 1.03. The van der Waals surface area contributed by atoms with Crippen molar-refractivity contribution in [3.63, 3.8) is 0 Å². The van der Waals surface area contributed by atoms with E-state index in [9.17, 15) is 9.59 Å². The number of hydrogen-bond acceptors (Lipinski definition) is 5. The number of fused-ring (bicyclic) bond motifs is 2. The van der Waals surface area contributed by atoms with Gasteiger partial charge >= 0.3 is 0 Å². The molecule has 0 fully saturated rings. The van der Waals surface area contributed by atoms with Gasteiger partial charge in [-0.25, -0.2) is 0 Å². The van der Waals surface area contributed by atoms with E-state index in [4.69, 9.17) is 9.47 Å². The predicted molar refractivity (Wildman–Crippen MR) is 99.8 cm³/mol. The second-order valence-corrected chi connectivity index (χ2v) is 7.19. The van der Waals surface area contributed by atoms with Gasteiger partial charge in [-0.3, -0.25) is 9.59 Å². The van der Waals surface area contributed by atoms with Crippen LogP contribution >= 0.6 is 11.3 Å². The minimum atomic E-state index is -0.202. The van der Waals surface area contributed by atoms with Crippen molar-refractivity contribution >= 4 is 28.1 Å². The molecule has 4 rings (SSSR count). The van der Waals surface area contributed by atoms with E-state index in [1.165, 1.54) is 6.92 Å². The Morgan fingerprint density at radius 1 is 1.19 bits per heavy atom. The van der Waals surface area contributed by atoms with Gasteiger partial charge < -0.3 is 19.4 Å². The fraction of sp³-hybridized carbons (Fsp3) is 0.263. The van der Waals surface area contributed by atoms with E-state index in [-0.39, 0.29) is 18.0 Å². The maximum absolute atomic E-state index is 12.5. The van der Waals surface area contributed by atoms with Crippen LogP contribution in [0.15, 0.2) is 40.5 Å². The first-order chi connectivity index (χ1) is 12.6. The maximum Gasteiger partial charge on any atom is 0.253 e. The fourth-order valence-corrected chi connectivity index (χ4v) is 3.70. The Balaban J connectivity index is 1.67. The van der Waals surface area contributed by atoms with Crippen molar-refractivity contribution in [1.29, 1.82) is 0 Å². The summed E-state index contributed by atoms with van der Waals surface area (Å²) < 4.78 is 11.2. The molecule has 1 aliphatic rings. The molecule has 1 aliphatic heterocycles. The molecule has 1 N–H and O–H groups in total. The van der Waals surface area contributed by atoms with Crippen LogP contribution in [0.25, 0.3) is 10.9 Å². The Morgan fingerprint density at radius 3 is 2.65 bits per heavy atom. The molecule has 3 heterocycles. The van der Waals surface area contributed by atoms with Crippen molar-refractivity contribution in [1.82, 2.24) is 9.88 Å². The van der Waals surface area contributed by atoms with Crippen LogP contribution in [0.5, 0.6) is 11.5 Å². The highest BCUT2D eigenvalue weighted by molar-refractivity contribution is 7.09. The van der Waals surface area contributed by atoms with Crippen molar-refractivity contribution in [2.45, 2.75) is 20.0 Å². The number of hydrogen-bond donors (Lipinski definition) is 1. The standard InChI is InChI=1S/C19H18N2O4S/c1-12(22)21(11-15-3-2-6-26-15)10-14-7-13-8-17-18(25-5-4-24-17)9-16(13)20-19(14)23/h2-3,6-9H,4-5,10-11H2,1H3,(H,20,23). The molecular formula is C19H18N2O4S. The normalized spacial score (nSPS) is 13.0. The van der Waals surface area contributed by atoms with Gasteiger partial charge in [0.25, 0.3) is 5.56 Å². The molecule has 0 radical (unpaired) electrons. The zero-order valence-corrected chi connectivity index (χ0v) is 15.1. The van der Waals surface area contributed by atoms with E-state index in [1.807, 2.05) is 29.6 Å². The zero-order chi connectivity index (χ0) is 18.1. The van der Waals surface area contributed by atoms with Gasteiger partial charge in [0, 0.05) is 28.8 Å². The molecule has 2 aromatic heterocycles. The number of pyridine rings is 1. The van der Waals surface area contributed by atoms with E-state index in [0.29, 0.717) is 42.3 Å². The van der Waals surface area contributed by atoms with E-state index in [2.05, 4.69) is 4.98 Å². The molecule has 0 bridgehead atoms. The molecule has 6 nitrogen and oxygen atoms in total. The number of aromatic amines is 1. The summed E-state index contributed by atoms with van der Waals surface area (Å²) in [4.78, 5) is 30.2. The van der Waals surface area contributed by atoms with Crippen LogP contribution in [0.2, 0.25) is 0 Å². The lowest BCUT2D eigenvalue weighted by Crippen LogP contribution is -2.30. The third kappa shape index (κ3) is 3.30. The number of amides is 1. The molecule has 134 valence electrons. The van der Waals surface area contributed by atoms with Gasteiger partial charge in [0.1, 0.15) is 13.2 Å². The van der Waals surface area contributed by atoms with E-state index >= 15 is 0 Å². The van der Waals surface area contributed by atoms with Crippen LogP contribution in [0.1, 0.15) is 17.4 Å². The lowest BCUT2D eigenvalue weighted by Gasteiger charge is -2.21. The summed E-state index contributed by atoms with van der Waals surface area (Å²) >= 11 is 1.59. The molecule has 7 heteroatoms. The molecule has 26 heavy (non-hydrogen) atoms. The molecule has 0 unspecified atom stereocenters. The van der Waals surface area contributed by atoms with E-state index in [1.54, 1.807) is 22.3 Å². The molecule has 0 aliphatic carbocycles. The molecular weight excluding hydrogens is 352 g/mol. The number of carbonyl (C=O) groups is 1. The average Bonchev–Trinajstić information content (AvgIpc) is 3.13. The monoisotopic (exact) mass is 370 g/mol. The van der Waals surface area contributed by atoms with Crippen molar-refractivity contribution in [2.24, 2.45) is 0 Å². The molecule has 0 atom stereocenters. The number of carbonyl (C=O) groups excluding carboxylic acids is 1. The molecule has 1 amide bonds. The number of nitrogens with one attached hydrogen (secondary N) is 1. The molecule has 0 saturated heterocycles. The van der Waals surface area contributed by atoms with Gasteiger partial charge in [-0.2, -0.15) is 0 Å². The molecule has 3 aromatic rings. The minimum Gasteiger partial charge on any atom is -0.486 e. The van der Waals surface area contributed by atoms with Crippen LogP contribution in [0, 0.1) is 0 Å². The summed E-state index contributed by atoms with van der Waals surface area (Å²) in [6.07, 6.45) is 0. The van der Waals surface area contributed by atoms with E-state index < -0.39 is 0 Å². The predicted octanol–water partition coefficient (Wildman–Crippen LogP) is 2.91. The highest BCUT2D eigenvalue weighted by Crippen LogP contribution is 2.33. The maximum atomic E-state index is 12.5. The Hall–Kier alpha value is -2.80. The van der Waals surface area contributed by atoms with Crippen LogP contribution in [0.3, 0.4) is 0 Å². The van der Waals surface area contributed by atoms with Gasteiger partial charge in [-0.15, -0.1) is 11.3 Å². The average molecular weight is 370 g/mol. The lowest BCUT2D eigenvalue weighted by molar-refractivity contribution is -0.130. The number of nitrogens with zero attached hydrogens (tertiary/aromatic N) is 1. The van der Waals surface area contributed by atoms with Crippen LogP contribution < -0.4 is 15.0 Å². The Kier molecular flexibility index (Phi) is 4.38. The molecule has 0 saturated carbocycles. The number of ether oxygens (including phenoxy) is 2. The summed E-state index contributed by atoms with van der Waals surface area (Å²) in [6, 6.07) is 9.39. The third-order valence-corrected chi connectivity index (χ3v) is 5.18. The van der Waals surface area contributed by atoms with Gasteiger partial charge in [0.2, 0.25) is 5.91 Å². The zero-order valence-electron chi connectivity index (χ0n) is 14.3. The van der Waals surface area contributed by atoms with Gasteiger partial charge in [0.15, 0.2) is 11.5 Å². The quantitative estimate of drug-likeness (QED) is 0.767. The second-order valence-electron chi connectivity index (χ2n) is 6.16. The fourth-order valence-electron chi connectivity index (χ4n) is 2.98. The Labute approximate surface area is 154 Å². The van der Waals surface area contributed by atoms with Crippen molar-refractivity contribution in [2.75, 3.05) is 13.2 Å².